The van der Waals surface area contributed by atoms with Gasteiger partial charge in [0, 0.05) is 10.6 Å². The van der Waals surface area contributed by atoms with Crippen LogP contribution < -0.4 is 5.32 Å². The maximum absolute atomic E-state index is 10.8. The summed E-state index contributed by atoms with van der Waals surface area (Å²) in [6.45, 7) is 12.6. The van der Waals surface area contributed by atoms with Crippen molar-refractivity contribution < 1.29 is 10.2 Å². The Hall–Kier alpha value is -1.87. The van der Waals surface area contributed by atoms with Gasteiger partial charge < -0.3 is 15.5 Å². The molecule has 0 aromatic heterocycles. The van der Waals surface area contributed by atoms with E-state index in [-0.39, 0.29) is 22.3 Å². The fraction of sp³-hybridized carbons (Fsp3) is 0.400. The number of anilines is 2. The van der Waals surface area contributed by atoms with Crippen LogP contribution in [0.5, 0.6) is 11.5 Å². The van der Waals surface area contributed by atoms with Gasteiger partial charge in [-0.05, 0) is 40.7 Å². The normalized spacial score (nSPS) is 12.3. The quantitative estimate of drug-likeness (QED) is 0.576. The summed E-state index contributed by atoms with van der Waals surface area (Å²) >= 11 is 6.02. The minimum Gasteiger partial charge on any atom is -0.506 e. The first kappa shape index (κ1) is 18.5. The lowest BCUT2D eigenvalue weighted by molar-refractivity contribution is 0.447. The average molecular weight is 348 g/mol. The smallest absolute Gasteiger partial charge is 0.142 e. The standard InChI is InChI=1S/C20H26ClNO2/c1-19(2,3)12-9-14(20(4,5)6)18(24)16(10-12)22-15-11-13(21)7-8-17(15)23/h7-11,22-24H,1-6H3. The zero-order chi connectivity index (χ0) is 18.3. The van der Waals surface area contributed by atoms with Gasteiger partial charge in [-0.1, -0.05) is 59.2 Å². The molecule has 0 heterocycles. The number of phenolic OH excluding ortho intramolecular Hbond substituents is 2. The summed E-state index contributed by atoms with van der Waals surface area (Å²) < 4.78 is 0. The number of halogens is 1. The Labute approximate surface area is 149 Å². The monoisotopic (exact) mass is 347 g/mol. The number of nitrogens with one attached hydrogen (secondary N) is 1. The minimum absolute atomic E-state index is 0.0689. The summed E-state index contributed by atoms with van der Waals surface area (Å²) in [7, 11) is 0. The summed E-state index contributed by atoms with van der Waals surface area (Å²) in [6.07, 6.45) is 0. The molecule has 0 bridgehead atoms. The van der Waals surface area contributed by atoms with Gasteiger partial charge >= 0.3 is 0 Å². The lowest BCUT2D eigenvalue weighted by Crippen LogP contribution is -2.17. The second-order valence-electron chi connectivity index (χ2n) is 8.21. The van der Waals surface area contributed by atoms with Gasteiger partial charge in [0.05, 0.1) is 11.4 Å². The third kappa shape index (κ3) is 3.96. The van der Waals surface area contributed by atoms with Crippen molar-refractivity contribution in [3.05, 3.63) is 46.5 Å². The molecule has 0 atom stereocenters. The van der Waals surface area contributed by atoms with E-state index >= 15 is 0 Å². The number of benzene rings is 2. The predicted molar refractivity (Wildman–Crippen MR) is 102 cm³/mol. The molecule has 0 aliphatic heterocycles. The Morgan fingerprint density at radius 2 is 1.46 bits per heavy atom. The maximum atomic E-state index is 10.8. The van der Waals surface area contributed by atoms with Gasteiger partial charge in [-0.3, -0.25) is 0 Å². The highest BCUT2D eigenvalue weighted by molar-refractivity contribution is 6.31. The van der Waals surface area contributed by atoms with E-state index in [4.69, 9.17) is 11.6 Å². The van der Waals surface area contributed by atoms with E-state index in [0.717, 1.165) is 11.1 Å². The van der Waals surface area contributed by atoms with Crippen LogP contribution in [0.15, 0.2) is 30.3 Å². The van der Waals surface area contributed by atoms with E-state index in [2.05, 4.69) is 52.9 Å². The Morgan fingerprint density at radius 1 is 0.833 bits per heavy atom. The van der Waals surface area contributed by atoms with Crippen molar-refractivity contribution in [1.82, 2.24) is 0 Å². The van der Waals surface area contributed by atoms with Crippen molar-refractivity contribution in [1.29, 1.82) is 0 Å². The summed E-state index contributed by atoms with van der Waals surface area (Å²) in [5.41, 5.74) is 2.71. The fourth-order valence-electron chi connectivity index (χ4n) is 2.49. The molecule has 0 radical (unpaired) electrons. The van der Waals surface area contributed by atoms with Crippen molar-refractivity contribution in [3.63, 3.8) is 0 Å². The minimum atomic E-state index is -0.210. The van der Waals surface area contributed by atoms with Crippen LogP contribution in [-0.2, 0) is 10.8 Å². The largest absolute Gasteiger partial charge is 0.506 e. The van der Waals surface area contributed by atoms with Crippen LogP contribution in [0.25, 0.3) is 0 Å². The van der Waals surface area contributed by atoms with E-state index in [0.29, 0.717) is 16.4 Å². The molecule has 2 rings (SSSR count). The number of phenols is 2. The highest BCUT2D eigenvalue weighted by Crippen LogP contribution is 2.42. The molecular weight excluding hydrogens is 322 g/mol. The van der Waals surface area contributed by atoms with E-state index in [9.17, 15) is 10.2 Å². The van der Waals surface area contributed by atoms with Crippen molar-refractivity contribution >= 4 is 23.0 Å². The number of hydrogen-bond acceptors (Lipinski definition) is 3. The first-order valence-corrected chi connectivity index (χ1v) is 8.41. The van der Waals surface area contributed by atoms with Gasteiger partial charge in [-0.15, -0.1) is 0 Å². The molecular formula is C20H26ClNO2. The number of hydrogen-bond donors (Lipinski definition) is 3. The highest BCUT2D eigenvalue weighted by atomic mass is 35.5. The number of rotatable bonds is 2. The second kappa shape index (κ2) is 6.21. The van der Waals surface area contributed by atoms with Crippen molar-refractivity contribution in [3.8, 4) is 11.5 Å². The fourth-order valence-corrected chi connectivity index (χ4v) is 2.66. The van der Waals surface area contributed by atoms with Gasteiger partial charge in [0.2, 0.25) is 0 Å². The molecule has 2 aromatic rings. The Morgan fingerprint density at radius 3 is 2.00 bits per heavy atom. The van der Waals surface area contributed by atoms with Crippen LogP contribution in [0.2, 0.25) is 5.02 Å². The molecule has 3 N–H and O–H groups in total. The second-order valence-corrected chi connectivity index (χ2v) is 8.64. The molecule has 3 nitrogen and oxygen atoms in total. The maximum Gasteiger partial charge on any atom is 0.142 e. The van der Waals surface area contributed by atoms with Crippen molar-refractivity contribution in [2.24, 2.45) is 0 Å². The molecule has 0 aliphatic rings. The molecule has 24 heavy (non-hydrogen) atoms. The van der Waals surface area contributed by atoms with E-state index in [1.807, 2.05) is 6.07 Å². The molecule has 0 fully saturated rings. The summed E-state index contributed by atoms with van der Waals surface area (Å²) in [6, 6.07) is 8.76. The molecule has 130 valence electrons. The van der Waals surface area contributed by atoms with Crippen LogP contribution in [0.3, 0.4) is 0 Å². The zero-order valence-corrected chi connectivity index (χ0v) is 15.9. The molecule has 2 aromatic carbocycles. The highest BCUT2D eigenvalue weighted by Gasteiger charge is 2.25. The third-order valence-corrected chi connectivity index (χ3v) is 4.25. The van der Waals surface area contributed by atoms with Gasteiger partial charge in [-0.25, -0.2) is 0 Å². The first-order valence-electron chi connectivity index (χ1n) is 8.03. The SMILES string of the molecule is CC(C)(C)c1cc(Nc2cc(Cl)ccc2O)c(O)c(C(C)(C)C)c1. The zero-order valence-electron chi connectivity index (χ0n) is 15.2. The van der Waals surface area contributed by atoms with Crippen LogP contribution in [0.1, 0.15) is 52.7 Å². The van der Waals surface area contributed by atoms with E-state index in [1.54, 1.807) is 12.1 Å². The summed E-state index contributed by atoms with van der Waals surface area (Å²) in [5.74, 6) is 0.271. The van der Waals surface area contributed by atoms with Gasteiger partial charge in [-0.2, -0.15) is 0 Å². The Bertz CT molecular complexity index is 755. The lowest BCUT2D eigenvalue weighted by Gasteiger charge is -2.28. The van der Waals surface area contributed by atoms with E-state index < -0.39 is 0 Å². The molecule has 0 unspecified atom stereocenters. The van der Waals surface area contributed by atoms with Crippen LogP contribution in [0, 0.1) is 0 Å². The third-order valence-electron chi connectivity index (χ3n) is 4.01. The number of aromatic hydroxyl groups is 2. The van der Waals surface area contributed by atoms with Crippen molar-refractivity contribution in [2.45, 2.75) is 52.4 Å². The van der Waals surface area contributed by atoms with Crippen LogP contribution >= 0.6 is 11.6 Å². The van der Waals surface area contributed by atoms with Gasteiger partial charge in [0.1, 0.15) is 11.5 Å². The topological polar surface area (TPSA) is 52.5 Å². The van der Waals surface area contributed by atoms with Crippen LogP contribution in [0.4, 0.5) is 11.4 Å². The van der Waals surface area contributed by atoms with Crippen LogP contribution in [-0.4, -0.2) is 10.2 Å². The Kier molecular flexibility index (Phi) is 4.78. The lowest BCUT2D eigenvalue weighted by atomic mass is 9.79. The molecule has 0 spiro atoms. The predicted octanol–water partition coefficient (Wildman–Crippen LogP) is 6.09. The summed E-state index contributed by atoms with van der Waals surface area (Å²) in [5, 5.41) is 24.4. The van der Waals surface area contributed by atoms with Gasteiger partial charge in [0.15, 0.2) is 0 Å². The van der Waals surface area contributed by atoms with E-state index in [1.165, 1.54) is 6.07 Å². The molecule has 0 saturated carbocycles. The summed E-state index contributed by atoms with van der Waals surface area (Å²) in [4.78, 5) is 0. The molecule has 0 saturated heterocycles. The Balaban J connectivity index is 2.62. The van der Waals surface area contributed by atoms with Gasteiger partial charge in [0.25, 0.3) is 0 Å². The molecule has 4 heteroatoms. The van der Waals surface area contributed by atoms with Crippen molar-refractivity contribution in [2.75, 3.05) is 5.32 Å². The first-order chi connectivity index (χ1) is 10.9. The average Bonchev–Trinajstić information content (AvgIpc) is 2.42. The molecule has 0 amide bonds. The molecule has 0 aliphatic carbocycles.